The highest BCUT2D eigenvalue weighted by Crippen LogP contribution is 2.27. The Morgan fingerprint density at radius 1 is 1.48 bits per heavy atom. The van der Waals surface area contributed by atoms with Crippen molar-refractivity contribution in [1.29, 1.82) is 0 Å². The van der Waals surface area contributed by atoms with E-state index in [0.29, 0.717) is 23.2 Å². The fourth-order valence-corrected chi connectivity index (χ4v) is 3.01. The molecule has 5 nitrogen and oxygen atoms in total. The lowest BCUT2D eigenvalue weighted by molar-refractivity contribution is 0.0656. The van der Waals surface area contributed by atoms with E-state index in [4.69, 9.17) is 5.84 Å². The first kappa shape index (κ1) is 15.8. The van der Waals surface area contributed by atoms with E-state index in [1.807, 2.05) is 17.9 Å². The molecular formula is C16H26N4O. The maximum absolute atomic E-state index is 12.9. The van der Waals surface area contributed by atoms with Crippen molar-refractivity contribution >= 4 is 11.6 Å². The molecule has 2 rings (SSSR count). The second-order valence-corrected chi connectivity index (χ2v) is 6.31. The second-order valence-electron chi connectivity index (χ2n) is 6.31. The molecule has 1 heterocycles. The van der Waals surface area contributed by atoms with Crippen LogP contribution in [-0.4, -0.2) is 28.4 Å². The summed E-state index contributed by atoms with van der Waals surface area (Å²) in [5.74, 6) is 6.05. The third kappa shape index (κ3) is 3.73. The average Bonchev–Trinajstić information content (AvgIpc) is 2.97. The molecule has 0 bridgehead atoms. The zero-order valence-electron chi connectivity index (χ0n) is 13.2. The van der Waals surface area contributed by atoms with Gasteiger partial charge in [-0.3, -0.25) is 15.6 Å². The van der Waals surface area contributed by atoms with Gasteiger partial charge in [0.05, 0.1) is 11.3 Å². The number of hydrogen-bond acceptors (Lipinski definition) is 4. The summed E-state index contributed by atoms with van der Waals surface area (Å²) in [5, 5.41) is 0. The summed E-state index contributed by atoms with van der Waals surface area (Å²) >= 11 is 0. The summed E-state index contributed by atoms with van der Waals surface area (Å²) in [6.45, 7) is 6.95. The molecule has 116 valence electrons. The van der Waals surface area contributed by atoms with Crippen molar-refractivity contribution in [3.05, 3.63) is 23.5 Å². The van der Waals surface area contributed by atoms with Crippen molar-refractivity contribution < 1.29 is 4.79 Å². The molecule has 3 N–H and O–H groups in total. The Balaban J connectivity index is 2.28. The molecule has 0 aromatic carbocycles. The van der Waals surface area contributed by atoms with Crippen LogP contribution in [-0.2, 0) is 0 Å². The van der Waals surface area contributed by atoms with Gasteiger partial charge in [0.1, 0.15) is 0 Å². The van der Waals surface area contributed by atoms with Crippen LogP contribution >= 0.6 is 0 Å². The molecule has 1 aromatic heterocycles. The maximum atomic E-state index is 12.9. The van der Waals surface area contributed by atoms with Crippen LogP contribution < -0.4 is 11.3 Å². The number of aryl methyl sites for hydroxylation is 1. The number of carbonyl (C=O) groups is 1. The monoisotopic (exact) mass is 290 g/mol. The average molecular weight is 290 g/mol. The SMILES string of the molecule is Cc1cc(NN)c(C(=O)N(CC(C)C)C2CCCC2)cn1. The summed E-state index contributed by atoms with van der Waals surface area (Å²) in [6, 6.07) is 2.17. The van der Waals surface area contributed by atoms with Crippen LogP contribution in [0.5, 0.6) is 0 Å². The summed E-state index contributed by atoms with van der Waals surface area (Å²) in [4.78, 5) is 19.2. The maximum Gasteiger partial charge on any atom is 0.257 e. The third-order valence-corrected chi connectivity index (χ3v) is 4.01. The molecule has 5 heteroatoms. The summed E-state index contributed by atoms with van der Waals surface area (Å²) < 4.78 is 0. The van der Waals surface area contributed by atoms with Gasteiger partial charge in [-0.25, -0.2) is 0 Å². The molecule has 21 heavy (non-hydrogen) atoms. The Morgan fingerprint density at radius 3 is 2.71 bits per heavy atom. The van der Waals surface area contributed by atoms with Gasteiger partial charge >= 0.3 is 0 Å². The van der Waals surface area contributed by atoms with Crippen LogP contribution in [0.2, 0.25) is 0 Å². The summed E-state index contributed by atoms with van der Waals surface area (Å²) in [5.41, 5.74) is 4.69. The van der Waals surface area contributed by atoms with Crippen molar-refractivity contribution in [1.82, 2.24) is 9.88 Å². The highest BCUT2D eigenvalue weighted by Gasteiger charge is 2.29. The van der Waals surface area contributed by atoms with Crippen LogP contribution in [0.15, 0.2) is 12.3 Å². The van der Waals surface area contributed by atoms with Crippen LogP contribution in [0.3, 0.4) is 0 Å². The zero-order chi connectivity index (χ0) is 15.4. The molecule has 1 aliphatic carbocycles. The van der Waals surface area contributed by atoms with Crippen molar-refractivity contribution in [2.75, 3.05) is 12.0 Å². The lowest BCUT2D eigenvalue weighted by atomic mass is 10.1. The minimum atomic E-state index is 0.0380. The Bertz CT molecular complexity index is 495. The van der Waals surface area contributed by atoms with Gasteiger partial charge < -0.3 is 10.3 Å². The van der Waals surface area contributed by atoms with Gasteiger partial charge in [-0.2, -0.15) is 0 Å². The van der Waals surface area contributed by atoms with Crippen molar-refractivity contribution in [2.24, 2.45) is 11.8 Å². The van der Waals surface area contributed by atoms with Crippen LogP contribution in [0.25, 0.3) is 0 Å². The molecule has 1 amide bonds. The quantitative estimate of drug-likeness (QED) is 0.646. The number of rotatable bonds is 5. The number of nitrogens with two attached hydrogens (primary N) is 1. The van der Waals surface area contributed by atoms with Gasteiger partial charge in [-0.15, -0.1) is 0 Å². The zero-order valence-corrected chi connectivity index (χ0v) is 13.2. The highest BCUT2D eigenvalue weighted by atomic mass is 16.2. The number of pyridine rings is 1. The Kier molecular flexibility index (Phi) is 5.17. The predicted octanol–water partition coefficient (Wildman–Crippen LogP) is 2.72. The number of nitrogen functional groups attached to an aromatic ring is 1. The fourth-order valence-electron chi connectivity index (χ4n) is 3.01. The van der Waals surface area contributed by atoms with E-state index in [0.717, 1.165) is 25.1 Å². The van der Waals surface area contributed by atoms with Crippen LogP contribution in [0.4, 0.5) is 5.69 Å². The number of nitrogens with one attached hydrogen (secondary N) is 1. The second kappa shape index (κ2) is 6.89. The normalized spacial score (nSPS) is 15.5. The van der Waals surface area contributed by atoms with E-state index in [2.05, 4.69) is 24.3 Å². The van der Waals surface area contributed by atoms with Gasteiger partial charge in [0.15, 0.2) is 0 Å². The van der Waals surface area contributed by atoms with Gasteiger partial charge in [-0.05, 0) is 31.7 Å². The first-order valence-electron chi connectivity index (χ1n) is 7.77. The van der Waals surface area contributed by atoms with E-state index in [1.165, 1.54) is 12.8 Å². The van der Waals surface area contributed by atoms with E-state index >= 15 is 0 Å². The van der Waals surface area contributed by atoms with Crippen molar-refractivity contribution in [2.45, 2.75) is 52.5 Å². The molecule has 1 saturated carbocycles. The number of hydrazine groups is 1. The standard InChI is InChI=1S/C16H26N4O/c1-11(2)10-20(13-6-4-5-7-13)16(21)14-9-18-12(3)8-15(14)19-17/h8-9,11,13H,4-7,10,17H2,1-3H3,(H,18,19). The van der Waals surface area contributed by atoms with E-state index < -0.39 is 0 Å². The number of hydrogen-bond donors (Lipinski definition) is 2. The number of nitrogens with zero attached hydrogens (tertiary/aromatic N) is 2. The van der Waals surface area contributed by atoms with Crippen molar-refractivity contribution in [3.63, 3.8) is 0 Å². The smallest absolute Gasteiger partial charge is 0.257 e. The predicted molar refractivity (Wildman–Crippen MR) is 84.9 cm³/mol. The molecular weight excluding hydrogens is 264 g/mol. The van der Waals surface area contributed by atoms with Gasteiger partial charge in [0.2, 0.25) is 0 Å². The van der Waals surface area contributed by atoms with Gasteiger partial charge in [-0.1, -0.05) is 26.7 Å². The first-order valence-corrected chi connectivity index (χ1v) is 7.77. The minimum Gasteiger partial charge on any atom is -0.335 e. The molecule has 0 saturated heterocycles. The molecule has 0 atom stereocenters. The van der Waals surface area contributed by atoms with E-state index in [9.17, 15) is 4.79 Å². The topological polar surface area (TPSA) is 71.2 Å². The molecule has 0 spiro atoms. The Morgan fingerprint density at radius 2 is 2.14 bits per heavy atom. The molecule has 0 unspecified atom stereocenters. The van der Waals surface area contributed by atoms with Crippen LogP contribution in [0.1, 0.15) is 55.6 Å². The highest BCUT2D eigenvalue weighted by molar-refractivity contribution is 5.99. The van der Waals surface area contributed by atoms with E-state index in [1.54, 1.807) is 6.20 Å². The molecule has 1 aliphatic rings. The first-order chi connectivity index (χ1) is 10.0. The lowest BCUT2D eigenvalue weighted by Gasteiger charge is -2.31. The summed E-state index contributed by atoms with van der Waals surface area (Å²) in [7, 11) is 0. The number of anilines is 1. The fraction of sp³-hybridized carbons (Fsp3) is 0.625. The molecule has 0 aliphatic heterocycles. The number of aromatic nitrogens is 1. The Hall–Kier alpha value is -1.62. The molecule has 0 radical (unpaired) electrons. The van der Waals surface area contributed by atoms with E-state index in [-0.39, 0.29) is 5.91 Å². The van der Waals surface area contributed by atoms with Gasteiger partial charge in [0.25, 0.3) is 5.91 Å². The molecule has 1 fully saturated rings. The third-order valence-electron chi connectivity index (χ3n) is 4.01. The van der Waals surface area contributed by atoms with Gasteiger partial charge in [0, 0.05) is 24.5 Å². The number of amides is 1. The minimum absolute atomic E-state index is 0.0380. The molecule has 1 aromatic rings. The van der Waals surface area contributed by atoms with Crippen molar-refractivity contribution in [3.8, 4) is 0 Å². The number of carbonyl (C=O) groups excluding carboxylic acids is 1. The lowest BCUT2D eigenvalue weighted by Crippen LogP contribution is -2.41. The van der Waals surface area contributed by atoms with Crippen LogP contribution in [0, 0.1) is 12.8 Å². The largest absolute Gasteiger partial charge is 0.335 e. The summed E-state index contributed by atoms with van der Waals surface area (Å²) in [6.07, 6.45) is 6.25. The Labute approximate surface area is 126 Å².